The van der Waals surface area contributed by atoms with Crippen LogP contribution >= 0.6 is 0 Å². The second kappa shape index (κ2) is 10.2. The third-order valence-corrected chi connectivity index (χ3v) is 5.22. The maximum absolute atomic E-state index is 13.3. The Hall–Kier alpha value is -2.19. The van der Waals surface area contributed by atoms with Gasteiger partial charge in [-0.25, -0.2) is 8.78 Å². The van der Waals surface area contributed by atoms with Crippen molar-refractivity contribution >= 4 is 11.9 Å². The molecule has 9 heteroatoms. The molecule has 180 valence electrons. The third-order valence-electron chi connectivity index (χ3n) is 5.22. The zero-order valence-electron chi connectivity index (χ0n) is 18.4. The molecule has 32 heavy (non-hydrogen) atoms. The topological polar surface area (TPSA) is 52.6 Å². The van der Waals surface area contributed by atoms with E-state index in [1.165, 1.54) is 0 Å². The van der Waals surface area contributed by atoms with Crippen LogP contribution in [0.25, 0.3) is 0 Å². The fourth-order valence-corrected chi connectivity index (χ4v) is 3.75. The standard InChI is InChI=1S/C23H29F5O4/c1-21(2,3)32-20(30)18(11-16-12-22(24,25)13-16)17(9-10-23(26,27)28)19(29)31-14-15-7-5-4-6-8-15/h4-8,16-18H,9-14H2,1-3H3. The van der Waals surface area contributed by atoms with E-state index in [-0.39, 0.29) is 13.0 Å². The number of carbonyl (C=O) groups is 2. The van der Waals surface area contributed by atoms with Crippen molar-refractivity contribution in [1.29, 1.82) is 0 Å². The van der Waals surface area contributed by atoms with Crippen molar-refractivity contribution in [3.63, 3.8) is 0 Å². The number of rotatable bonds is 9. The highest BCUT2D eigenvalue weighted by atomic mass is 19.4. The van der Waals surface area contributed by atoms with E-state index >= 15 is 0 Å². The van der Waals surface area contributed by atoms with Crippen molar-refractivity contribution in [2.45, 2.75) is 77.2 Å². The van der Waals surface area contributed by atoms with E-state index in [9.17, 15) is 31.5 Å². The van der Waals surface area contributed by atoms with Crippen LogP contribution in [0.5, 0.6) is 0 Å². The number of carbonyl (C=O) groups excluding carboxylic acids is 2. The van der Waals surface area contributed by atoms with Gasteiger partial charge in [0.25, 0.3) is 0 Å². The molecule has 1 aliphatic rings. The van der Waals surface area contributed by atoms with Crippen LogP contribution in [0, 0.1) is 17.8 Å². The van der Waals surface area contributed by atoms with Gasteiger partial charge in [0.05, 0.1) is 11.8 Å². The normalized spacial score (nSPS) is 18.4. The first-order valence-electron chi connectivity index (χ1n) is 10.5. The molecule has 1 aromatic rings. The largest absolute Gasteiger partial charge is 0.461 e. The van der Waals surface area contributed by atoms with Crippen molar-refractivity contribution < 1.29 is 41.0 Å². The molecule has 0 aliphatic heterocycles. The smallest absolute Gasteiger partial charge is 0.389 e. The molecule has 0 aromatic heterocycles. The second-order valence-electron chi connectivity index (χ2n) is 9.36. The number of alkyl halides is 5. The lowest BCUT2D eigenvalue weighted by Gasteiger charge is -2.38. The maximum Gasteiger partial charge on any atom is 0.389 e. The molecule has 0 N–H and O–H groups in total. The van der Waals surface area contributed by atoms with Crippen LogP contribution in [0.3, 0.4) is 0 Å². The molecule has 2 atom stereocenters. The van der Waals surface area contributed by atoms with Gasteiger partial charge in [-0.1, -0.05) is 30.3 Å². The van der Waals surface area contributed by atoms with Crippen molar-refractivity contribution in [3.05, 3.63) is 35.9 Å². The Morgan fingerprint density at radius 2 is 1.62 bits per heavy atom. The highest BCUT2D eigenvalue weighted by Gasteiger charge is 2.49. The monoisotopic (exact) mass is 464 g/mol. The summed E-state index contributed by atoms with van der Waals surface area (Å²) in [6.07, 6.45) is -7.66. The summed E-state index contributed by atoms with van der Waals surface area (Å²) in [5.41, 5.74) is -0.329. The van der Waals surface area contributed by atoms with E-state index in [0.717, 1.165) is 0 Å². The zero-order valence-corrected chi connectivity index (χ0v) is 18.4. The average Bonchev–Trinajstić information content (AvgIpc) is 2.62. The summed E-state index contributed by atoms with van der Waals surface area (Å²) in [5.74, 6) is -8.06. The average molecular weight is 464 g/mol. The molecule has 4 nitrogen and oxygen atoms in total. The highest BCUT2D eigenvalue weighted by Crippen LogP contribution is 2.47. The number of hydrogen-bond acceptors (Lipinski definition) is 4. The molecule has 0 radical (unpaired) electrons. The lowest BCUT2D eigenvalue weighted by atomic mass is 9.72. The lowest BCUT2D eigenvalue weighted by Crippen LogP contribution is -2.42. The molecule has 0 heterocycles. The summed E-state index contributed by atoms with van der Waals surface area (Å²) >= 11 is 0. The molecule has 0 amide bonds. The lowest BCUT2D eigenvalue weighted by molar-refractivity contribution is -0.176. The Balaban J connectivity index is 2.22. The molecule has 0 spiro atoms. The van der Waals surface area contributed by atoms with Crippen molar-refractivity contribution in [1.82, 2.24) is 0 Å². The van der Waals surface area contributed by atoms with Gasteiger partial charge >= 0.3 is 18.1 Å². The Morgan fingerprint density at radius 1 is 1.03 bits per heavy atom. The molecule has 1 aliphatic carbocycles. The Labute approximate surface area is 184 Å². The molecule has 1 aromatic carbocycles. The number of benzene rings is 1. The van der Waals surface area contributed by atoms with Gasteiger partial charge in [-0.05, 0) is 45.1 Å². The molecule has 0 bridgehead atoms. The quantitative estimate of drug-likeness (QED) is 0.328. The Morgan fingerprint density at radius 3 is 2.12 bits per heavy atom. The van der Waals surface area contributed by atoms with E-state index in [1.54, 1.807) is 51.1 Å². The van der Waals surface area contributed by atoms with E-state index in [0.29, 0.717) is 5.56 Å². The Kier molecular flexibility index (Phi) is 8.28. The van der Waals surface area contributed by atoms with Crippen LogP contribution in [0.15, 0.2) is 30.3 Å². The van der Waals surface area contributed by atoms with Crippen LogP contribution in [-0.4, -0.2) is 29.6 Å². The number of esters is 2. The number of halogens is 5. The molecule has 2 rings (SSSR count). The fraction of sp³-hybridized carbons (Fsp3) is 0.652. The summed E-state index contributed by atoms with van der Waals surface area (Å²) in [5, 5.41) is 0. The summed E-state index contributed by atoms with van der Waals surface area (Å²) in [6, 6.07) is 8.54. The van der Waals surface area contributed by atoms with E-state index in [2.05, 4.69) is 0 Å². The van der Waals surface area contributed by atoms with Crippen LogP contribution in [0.2, 0.25) is 0 Å². The molecule has 2 unspecified atom stereocenters. The van der Waals surface area contributed by atoms with Crippen LogP contribution in [0.4, 0.5) is 22.0 Å². The van der Waals surface area contributed by atoms with Crippen molar-refractivity contribution in [2.75, 3.05) is 0 Å². The minimum atomic E-state index is -4.56. The minimum absolute atomic E-state index is 0.159. The summed E-state index contributed by atoms with van der Waals surface area (Å²) < 4.78 is 76.0. The fourth-order valence-electron chi connectivity index (χ4n) is 3.75. The maximum atomic E-state index is 13.3. The van der Waals surface area contributed by atoms with Gasteiger partial charge in [0.1, 0.15) is 12.2 Å². The summed E-state index contributed by atoms with van der Waals surface area (Å²) in [4.78, 5) is 25.7. The summed E-state index contributed by atoms with van der Waals surface area (Å²) in [6.45, 7) is 4.57. The van der Waals surface area contributed by atoms with Gasteiger partial charge in [0, 0.05) is 19.3 Å². The zero-order chi connectivity index (χ0) is 24.2. The van der Waals surface area contributed by atoms with E-state index in [1.807, 2.05) is 0 Å². The predicted octanol–water partition coefficient (Wildman–Crippen LogP) is 6.08. The van der Waals surface area contributed by atoms with Gasteiger partial charge in [-0.2, -0.15) is 13.2 Å². The molecule has 1 saturated carbocycles. The van der Waals surface area contributed by atoms with Gasteiger partial charge in [-0.15, -0.1) is 0 Å². The van der Waals surface area contributed by atoms with E-state index in [4.69, 9.17) is 9.47 Å². The first-order chi connectivity index (χ1) is 14.7. The second-order valence-corrected chi connectivity index (χ2v) is 9.36. The molecular formula is C23H29F5O4. The van der Waals surface area contributed by atoms with Gasteiger partial charge in [0.15, 0.2) is 0 Å². The minimum Gasteiger partial charge on any atom is -0.461 e. The van der Waals surface area contributed by atoms with Gasteiger partial charge in [-0.3, -0.25) is 9.59 Å². The van der Waals surface area contributed by atoms with Gasteiger partial charge in [0.2, 0.25) is 5.92 Å². The van der Waals surface area contributed by atoms with Crippen LogP contribution in [-0.2, 0) is 25.7 Å². The van der Waals surface area contributed by atoms with Crippen LogP contribution in [0.1, 0.15) is 58.4 Å². The van der Waals surface area contributed by atoms with Gasteiger partial charge < -0.3 is 9.47 Å². The first-order valence-corrected chi connectivity index (χ1v) is 10.5. The highest BCUT2D eigenvalue weighted by molar-refractivity contribution is 5.82. The third kappa shape index (κ3) is 8.74. The van der Waals surface area contributed by atoms with E-state index < -0.39 is 73.1 Å². The molecule has 0 saturated heterocycles. The SMILES string of the molecule is CC(C)(C)OC(=O)C(CC1CC(F)(F)C1)C(CCC(F)(F)F)C(=O)OCc1ccccc1. The first kappa shape index (κ1) is 26.1. The van der Waals surface area contributed by atoms with Crippen LogP contribution < -0.4 is 0 Å². The number of hydrogen-bond donors (Lipinski definition) is 0. The molecular weight excluding hydrogens is 435 g/mol. The number of ether oxygens (including phenoxy) is 2. The summed E-state index contributed by atoms with van der Waals surface area (Å²) in [7, 11) is 0. The predicted molar refractivity (Wildman–Crippen MR) is 107 cm³/mol. The molecule has 1 fully saturated rings. The van der Waals surface area contributed by atoms with Crippen molar-refractivity contribution in [2.24, 2.45) is 17.8 Å². The van der Waals surface area contributed by atoms with Crippen molar-refractivity contribution in [3.8, 4) is 0 Å². The Bertz CT molecular complexity index is 763.